The molecule has 2 aromatic carbocycles. The highest BCUT2D eigenvalue weighted by Gasteiger charge is 2.11. The van der Waals surface area contributed by atoms with E-state index < -0.39 is 0 Å². The summed E-state index contributed by atoms with van der Waals surface area (Å²) in [7, 11) is 0. The Morgan fingerprint density at radius 3 is 2.82 bits per heavy atom. The van der Waals surface area contributed by atoms with E-state index in [0.29, 0.717) is 0 Å². The van der Waals surface area contributed by atoms with Gasteiger partial charge < -0.3 is 0 Å². The first-order valence-corrected chi connectivity index (χ1v) is 5.57. The number of nitrogens with zero attached hydrogens (tertiary/aromatic N) is 3. The Morgan fingerprint density at radius 1 is 0.941 bits per heavy atom. The molecule has 2 heterocycles. The predicted molar refractivity (Wildman–Crippen MR) is 68.3 cm³/mol. The lowest BCUT2D eigenvalue weighted by Crippen LogP contribution is -1.94. The molecule has 0 spiro atoms. The zero-order valence-corrected chi connectivity index (χ0v) is 9.31. The molecule has 80 valence electrons. The van der Waals surface area contributed by atoms with Crippen molar-refractivity contribution in [2.24, 2.45) is 0 Å². The van der Waals surface area contributed by atoms with E-state index >= 15 is 0 Å². The van der Waals surface area contributed by atoms with Crippen LogP contribution in [-0.2, 0) is 0 Å². The second kappa shape index (κ2) is 2.88. The molecule has 0 bridgehead atoms. The van der Waals surface area contributed by atoms with Crippen LogP contribution in [0.1, 0.15) is 5.69 Å². The van der Waals surface area contributed by atoms with Crippen molar-refractivity contribution in [3.8, 4) is 0 Å². The van der Waals surface area contributed by atoms with Crippen LogP contribution in [0.15, 0.2) is 36.7 Å². The van der Waals surface area contributed by atoms with Crippen LogP contribution in [0, 0.1) is 6.92 Å². The largest absolute Gasteiger partial charge is 0.236 e. The Bertz CT molecular complexity index is 852. The average Bonchev–Trinajstić information content (AvgIpc) is 2.37. The third-order valence-electron chi connectivity index (χ3n) is 3.29. The van der Waals surface area contributed by atoms with E-state index in [1.807, 2.05) is 13.0 Å². The molecule has 0 N–H and O–H groups in total. The summed E-state index contributed by atoms with van der Waals surface area (Å²) < 4.78 is 0. The highest BCUT2D eigenvalue weighted by molar-refractivity contribution is 6.20. The third kappa shape index (κ3) is 1.03. The summed E-state index contributed by atoms with van der Waals surface area (Å²) in [6.45, 7) is 2.03. The molecule has 17 heavy (non-hydrogen) atoms. The second-order valence-corrected chi connectivity index (χ2v) is 4.26. The number of pyridine rings is 1. The van der Waals surface area contributed by atoms with Crippen molar-refractivity contribution >= 4 is 32.7 Å². The maximum absolute atomic E-state index is 4.55. The number of aromatic nitrogens is 3. The summed E-state index contributed by atoms with van der Waals surface area (Å²) in [6, 6.07) is 10.4. The van der Waals surface area contributed by atoms with Gasteiger partial charge in [0.1, 0.15) is 6.33 Å². The molecule has 0 aliphatic carbocycles. The van der Waals surface area contributed by atoms with Gasteiger partial charge in [-0.05, 0) is 18.4 Å². The molecular weight excluding hydrogens is 210 g/mol. The number of aryl methyl sites for hydroxylation is 1. The molecule has 4 aromatic rings. The average molecular weight is 219 g/mol. The first-order valence-electron chi connectivity index (χ1n) is 5.57. The van der Waals surface area contributed by atoms with Gasteiger partial charge >= 0.3 is 0 Å². The molecule has 0 unspecified atom stereocenters. The minimum Gasteiger partial charge on any atom is -0.236 e. The molecule has 0 aliphatic heterocycles. The van der Waals surface area contributed by atoms with Crippen molar-refractivity contribution in [3.63, 3.8) is 0 Å². The second-order valence-electron chi connectivity index (χ2n) is 4.26. The quantitative estimate of drug-likeness (QED) is 0.426. The number of benzene rings is 2. The van der Waals surface area contributed by atoms with Crippen LogP contribution < -0.4 is 0 Å². The minimum atomic E-state index is 0.789. The lowest BCUT2D eigenvalue weighted by molar-refractivity contribution is 1.18. The molecule has 0 radical (unpaired) electrons. The molecule has 0 atom stereocenters. The zero-order valence-electron chi connectivity index (χ0n) is 9.31. The highest BCUT2D eigenvalue weighted by atomic mass is 14.9. The Morgan fingerprint density at radius 2 is 1.88 bits per heavy atom. The van der Waals surface area contributed by atoms with Crippen molar-refractivity contribution in [2.75, 3.05) is 0 Å². The molecule has 2 aromatic heterocycles. The van der Waals surface area contributed by atoms with Crippen molar-refractivity contribution in [1.82, 2.24) is 15.0 Å². The molecular formula is C14H9N3. The minimum absolute atomic E-state index is 0.789. The van der Waals surface area contributed by atoms with Crippen molar-refractivity contribution < 1.29 is 0 Å². The maximum atomic E-state index is 4.55. The molecule has 0 saturated heterocycles. The lowest BCUT2D eigenvalue weighted by Gasteiger charge is -2.09. The van der Waals surface area contributed by atoms with Gasteiger partial charge in [0.15, 0.2) is 5.65 Å². The van der Waals surface area contributed by atoms with E-state index in [-0.39, 0.29) is 0 Å². The number of hydrogen-bond acceptors (Lipinski definition) is 3. The predicted octanol–water partition coefficient (Wildman–Crippen LogP) is 3.08. The summed E-state index contributed by atoms with van der Waals surface area (Å²) in [6.07, 6.45) is 1.58. The Hall–Kier alpha value is -2.29. The van der Waals surface area contributed by atoms with Crippen LogP contribution in [0.2, 0.25) is 0 Å². The van der Waals surface area contributed by atoms with Crippen molar-refractivity contribution in [1.29, 1.82) is 0 Å². The van der Waals surface area contributed by atoms with Crippen LogP contribution in [0.4, 0.5) is 0 Å². The molecule has 3 nitrogen and oxygen atoms in total. The van der Waals surface area contributed by atoms with Gasteiger partial charge in [-0.25, -0.2) is 15.0 Å². The summed E-state index contributed by atoms with van der Waals surface area (Å²) in [5.41, 5.74) is 2.78. The Labute approximate surface area is 97.5 Å². The maximum Gasteiger partial charge on any atom is 0.164 e. The fourth-order valence-electron chi connectivity index (χ4n) is 2.52. The van der Waals surface area contributed by atoms with Gasteiger partial charge in [0, 0.05) is 16.5 Å². The van der Waals surface area contributed by atoms with Gasteiger partial charge in [0.05, 0.1) is 10.9 Å². The smallest absolute Gasteiger partial charge is 0.164 e. The topological polar surface area (TPSA) is 38.7 Å². The van der Waals surface area contributed by atoms with E-state index in [9.17, 15) is 0 Å². The molecule has 3 heteroatoms. The Balaban J connectivity index is 2.50. The normalized spacial score (nSPS) is 11.8. The van der Waals surface area contributed by atoms with E-state index in [0.717, 1.165) is 22.2 Å². The fraction of sp³-hybridized carbons (Fsp3) is 0.0714. The highest BCUT2D eigenvalue weighted by Crippen LogP contribution is 2.32. The van der Waals surface area contributed by atoms with E-state index in [1.54, 1.807) is 6.33 Å². The van der Waals surface area contributed by atoms with Crippen LogP contribution in [0.25, 0.3) is 32.7 Å². The van der Waals surface area contributed by atoms with Gasteiger partial charge in [-0.2, -0.15) is 0 Å². The van der Waals surface area contributed by atoms with E-state index in [4.69, 9.17) is 0 Å². The molecule has 0 saturated carbocycles. The van der Waals surface area contributed by atoms with Crippen LogP contribution in [0.5, 0.6) is 0 Å². The van der Waals surface area contributed by atoms with Crippen molar-refractivity contribution in [3.05, 3.63) is 42.4 Å². The number of hydrogen-bond donors (Lipinski definition) is 0. The monoisotopic (exact) mass is 219 g/mol. The van der Waals surface area contributed by atoms with Gasteiger partial charge in [-0.3, -0.25) is 0 Å². The fourth-order valence-corrected chi connectivity index (χ4v) is 2.52. The van der Waals surface area contributed by atoms with Gasteiger partial charge in [0.2, 0.25) is 0 Å². The third-order valence-corrected chi connectivity index (χ3v) is 3.29. The zero-order chi connectivity index (χ0) is 11.4. The summed E-state index contributed by atoms with van der Waals surface area (Å²) >= 11 is 0. The van der Waals surface area contributed by atoms with Gasteiger partial charge in [-0.1, -0.05) is 24.3 Å². The molecule has 4 rings (SSSR count). The summed E-state index contributed by atoms with van der Waals surface area (Å²) in [5.74, 6) is 0. The van der Waals surface area contributed by atoms with Crippen LogP contribution in [-0.4, -0.2) is 15.0 Å². The molecule has 0 amide bonds. The lowest BCUT2D eigenvalue weighted by atomic mass is 10.00. The molecule has 0 fully saturated rings. The summed E-state index contributed by atoms with van der Waals surface area (Å²) in [4.78, 5) is 13.1. The first-order chi connectivity index (χ1) is 8.34. The van der Waals surface area contributed by atoms with Gasteiger partial charge in [-0.15, -0.1) is 0 Å². The van der Waals surface area contributed by atoms with E-state index in [2.05, 4.69) is 39.2 Å². The van der Waals surface area contributed by atoms with Crippen molar-refractivity contribution in [2.45, 2.75) is 6.92 Å². The first kappa shape index (κ1) is 8.82. The van der Waals surface area contributed by atoms with Crippen LogP contribution in [0.3, 0.4) is 0 Å². The number of rotatable bonds is 0. The Kier molecular flexibility index (Phi) is 1.50. The standard InChI is InChI=1S/C14H9N3/c1-8-10-4-2-3-9-5-6-11-13(12(9)10)14(17-8)16-7-15-11/h2-7H,1H3. The van der Waals surface area contributed by atoms with Gasteiger partial charge in [0.25, 0.3) is 0 Å². The van der Waals surface area contributed by atoms with E-state index in [1.165, 1.54) is 16.2 Å². The summed E-state index contributed by atoms with van der Waals surface area (Å²) in [5, 5.41) is 4.72. The SMILES string of the molecule is Cc1nc2ncnc3ccc4cccc1c4c32. The molecule has 0 aliphatic rings. The van der Waals surface area contributed by atoms with Crippen LogP contribution >= 0.6 is 0 Å².